The van der Waals surface area contributed by atoms with Crippen LogP contribution in [-0.4, -0.2) is 27.5 Å². The average molecular weight is 181 g/mol. The lowest BCUT2D eigenvalue weighted by Gasteiger charge is -2.07. The molecule has 1 unspecified atom stereocenters. The largest absolute Gasteiger partial charge is 0.378 e. The van der Waals surface area contributed by atoms with Gasteiger partial charge in [0, 0.05) is 13.2 Å². The lowest BCUT2D eigenvalue weighted by molar-refractivity contribution is 0.101. The number of hydrogen-bond acceptors (Lipinski definition) is 3. The zero-order chi connectivity index (χ0) is 8.93. The molecular formula is C9H15N3O. The van der Waals surface area contributed by atoms with Crippen molar-refractivity contribution in [3.8, 4) is 0 Å². The summed E-state index contributed by atoms with van der Waals surface area (Å²) in [6, 6.07) is 0. The van der Waals surface area contributed by atoms with Crippen molar-refractivity contribution in [2.75, 3.05) is 6.61 Å². The third-order valence-electron chi connectivity index (χ3n) is 2.40. The average Bonchev–Trinajstić information content (AvgIpc) is 2.75. The van der Waals surface area contributed by atoms with Crippen LogP contribution in [0.4, 0.5) is 0 Å². The van der Waals surface area contributed by atoms with Crippen molar-refractivity contribution < 1.29 is 4.74 Å². The molecule has 1 aliphatic heterocycles. The molecule has 4 nitrogen and oxygen atoms in total. The van der Waals surface area contributed by atoms with Crippen LogP contribution in [-0.2, 0) is 11.3 Å². The Morgan fingerprint density at radius 1 is 1.54 bits per heavy atom. The van der Waals surface area contributed by atoms with Crippen LogP contribution in [0.15, 0.2) is 12.7 Å². The maximum atomic E-state index is 5.53. The summed E-state index contributed by atoms with van der Waals surface area (Å²) in [7, 11) is 0. The number of rotatable bonds is 4. The molecule has 1 atom stereocenters. The molecular weight excluding hydrogens is 166 g/mol. The third-order valence-corrected chi connectivity index (χ3v) is 2.40. The molecule has 1 aromatic rings. The van der Waals surface area contributed by atoms with Gasteiger partial charge in [0.05, 0.1) is 6.10 Å². The van der Waals surface area contributed by atoms with Gasteiger partial charge in [-0.15, -0.1) is 0 Å². The van der Waals surface area contributed by atoms with Crippen molar-refractivity contribution in [2.45, 2.75) is 38.3 Å². The lowest BCUT2D eigenvalue weighted by Crippen LogP contribution is -2.07. The number of hydrogen-bond donors (Lipinski definition) is 0. The van der Waals surface area contributed by atoms with E-state index < -0.39 is 0 Å². The van der Waals surface area contributed by atoms with Gasteiger partial charge in [-0.2, -0.15) is 5.10 Å². The zero-order valence-electron chi connectivity index (χ0n) is 7.72. The molecule has 0 bridgehead atoms. The maximum Gasteiger partial charge on any atom is 0.137 e. The van der Waals surface area contributed by atoms with Gasteiger partial charge in [-0.1, -0.05) is 0 Å². The third kappa shape index (κ3) is 2.52. The first-order chi connectivity index (χ1) is 6.45. The molecule has 0 aromatic carbocycles. The SMILES string of the molecule is c1ncn(CCCC2CCCO2)n1. The van der Waals surface area contributed by atoms with Gasteiger partial charge in [-0.05, 0) is 25.7 Å². The van der Waals surface area contributed by atoms with Gasteiger partial charge in [0.1, 0.15) is 12.7 Å². The summed E-state index contributed by atoms with van der Waals surface area (Å²) >= 11 is 0. The van der Waals surface area contributed by atoms with Crippen LogP contribution in [0.25, 0.3) is 0 Å². The van der Waals surface area contributed by atoms with E-state index in [9.17, 15) is 0 Å². The van der Waals surface area contributed by atoms with Crippen molar-refractivity contribution >= 4 is 0 Å². The molecule has 1 fully saturated rings. The van der Waals surface area contributed by atoms with E-state index in [0.717, 1.165) is 26.0 Å². The number of aromatic nitrogens is 3. The van der Waals surface area contributed by atoms with Crippen molar-refractivity contribution in [1.29, 1.82) is 0 Å². The summed E-state index contributed by atoms with van der Waals surface area (Å²) in [5.74, 6) is 0. The topological polar surface area (TPSA) is 39.9 Å². The summed E-state index contributed by atoms with van der Waals surface area (Å²) in [4.78, 5) is 3.89. The Morgan fingerprint density at radius 2 is 2.54 bits per heavy atom. The van der Waals surface area contributed by atoms with E-state index in [1.54, 1.807) is 12.7 Å². The van der Waals surface area contributed by atoms with Crippen molar-refractivity contribution in [2.24, 2.45) is 0 Å². The van der Waals surface area contributed by atoms with E-state index in [0.29, 0.717) is 6.10 Å². The van der Waals surface area contributed by atoms with E-state index in [-0.39, 0.29) is 0 Å². The number of aryl methyl sites for hydroxylation is 1. The standard InChI is InChI=1S/C9H15N3O/c1(3-9-4-2-6-13-9)5-12-8-10-7-11-12/h7-9H,1-6H2. The van der Waals surface area contributed by atoms with E-state index in [2.05, 4.69) is 10.1 Å². The molecule has 1 aromatic heterocycles. The summed E-state index contributed by atoms with van der Waals surface area (Å²) in [5.41, 5.74) is 0. The van der Waals surface area contributed by atoms with E-state index in [1.807, 2.05) is 4.68 Å². The van der Waals surface area contributed by atoms with Crippen molar-refractivity contribution in [3.05, 3.63) is 12.7 Å². The Balaban J connectivity index is 1.63. The Hall–Kier alpha value is -0.900. The van der Waals surface area contributed by atoms with Crippen LogP contribution in [0.3, 0.4) is 0 Å². The molecule has 0 spiro atoms. The van der Waals surface area contributed by atoms with Crippen LogP contribution in [0, 0.1) is 0 Å². The molecule has 2 rings (SSSR count). The van der Waals surface area contributed by atoms with Gasteiger partial charge in [0.2, 0.25) is 0 Å². The van der Waals surface area contributed by atoms with E-state index in [4.69, 9.17) is 4.74 Å². The number of ether oxygens (including phenoxy) is 1. The molecule has 4 heteroatoms. The van der Waals surface area contributed by atoms with Crippen LogP contribution in [0.5, 0.6) is 0 Å². The molecule has 2 heterocycles. The van der Waals surface area contributed by atoms with Gasteiger partial charge in [-0.25, -0.2) is 4.98 Å². The monoisotopic (exact) mass is 181 g/mol. The smallest absolute Gasteiger partial charge is 0.137 e. The Morgan fingerprint density at radius 3 is 3.23 bits per heavy atom. The van der Waals surface area contributed by atoms with Gasteiger partial charge >= 0.3 is 0 Å². The highest BCUT2D eigenvalue weighted by Crippen LogP contribution is 2.16. The highest BCUT2D eigenvalue weighted by Gasteiger charge is 2.14. The summed E-state index contributed by atoms with van der Waals surface area (Å²) in [6.07, 6.45) is 8.59. The van der Waals surface area contributed by atoms with Crippen LogP contribution in [0.2, 0.25) is 0 Å². The zero-order valence-corrected chi connectivity index (χ0v) is 7.72. The van der Waals surface area contributed by atoms with Crippen LogP contribution < -0.4 is 0 Å². The van der Waals surface area contributed by atoms with E-state index >= 15 is 0 Å². The Labute approximate surface area is 77.9 Å². The molecule has 13 heavy (non-hydrogen) atoms. The molecule has 0 amide bonds. The van der Waals surface area contributed by atoms with Crippen LogP contribution >= 0.6 is 0 Å². The maximum absolute atomic E-state index is 5.53. The van der Waals surface area contributed by atoms with Crippen molar-refractivity contribution in [1.82, 2.24) is 14.8 Å². The summed E-state index contributed by atoms with van der Waals surface area (Å²) < 4.78 is 7.40. The first-order valence-electron chi connectivity index (χ1n) is 4.89. The van der Waals surface area contributed by atoms with Gasteiger partial charge in [0.15, 0.2) is 0 Å². The fourth-order valence-electron chi connectivity index (χ4n) is 1.70. The van der Waals surface area contributed by atoms with E-state index in [1.165, 1.54) is 12.8 Å². The van der Waals surface area contributed by atoms with Crippen LogP contribution in [0.1, 0.15) is 25.7 Å². The summed E-state index contributed by atoms with van der Waals surface area (Å²) in [5, 5.41) is 4.05. The fraction of sp³-hybridized carbons (Fsp3) is 0.778. The molecule has 1 saturated heterocycles. The second-order valence-corrected chi connectivity index (χ2v) is 3.44. The first kappa shape index (κ1) is 8.69. The normalized spacial score (nSPS) is 22.3. The molecule has 72 valence electrons. The summed E-state index contributed by atoms with van der Waals surface area (Å²) in [6.45, 7) is 1.91. The minimum atomic E-state index is 0.503. The predicted molar refractivity (Wildman–Crippen MR) is 48.2 cm³/mol. The quantitative estimate of drug-likeness (QED) is 0.701. The second-order valence-electron chi connectivity index (χ2n) is 3.44. The molecule has 1 aliphatic rings. The van der Waals surface area contributed by atoms with Gasteiger partial charge in [-0.3, -0.25) is 4.68 Å². The van der Waals surface area contributed by atoms with Gasteiger partial charge < -0.3 is 4.74 Å². The van der Waals surface area contributed by atoms with Gasteiger partial charge in [0.25, 0.3) is 0 Å². The molecule has 0 aliphatic carbocycles. The predicted octanol–water partition coefficient (Wildman–Crippen LogP) is 1.24. The first-order valence-corrected chi connectivity index (χ1v) is 4.89. The molecule has 0 saturated carbocycles. The highest BCUT2D eigenvalue weighted by atomic mass is 16.5. The molecule has 0 radical (unpaired) electrons. The minimum Gasteiger partial charge on any atom is -0.378 e. The Bertz CT molecular complexity index is 229. The second kappa shape index (κ2) is 4.37. The number of nitrogens with zero attached hydrogens (tertiary/aromatic N) is 3. The van der Waals surface area contributed by atoms with Crippen molar-refractivity contribution in [3.63, 3.8) is 0 Å². The highest BCUT2D eigenvalue weighted by molar-refractivity contribution is 4.65. The Kier molecular flexibility index (Phi) is 2.92. The fourth-order valence-corrected chi connectivity index (χ4v) is 1.70. The molecule has 0 N–H and O–H groups in total. The minimum absolute atomic E-state index is 0.503. The lowest BCUT2D eigenvalue weighted by atomic mass is 10.1.